The topological polar surface area (TPSA) is 79.4 Å². The molecule has 1 aliphatic rings. The molecule has 6 nitrogen and oxygen atoms in total. The van der Waals surface area contributed by atoms with Gasteiger partial charge in [0, 0.05) is 19.0 Å². The number of carbonyl (C=O) groups is 1. The predicted octanol–water partition coefficient (Wildman–Crippen LogP) is 3.12. The Morgan fingerprint density at radius 2 is 1.90 bits per heavy atom. The van der Waals surface area contributed by atoms with E-state index in [-0.39, 0.29) is 24.1 Å². The van der Waals surface area contributed by atoms with Crippen LogP contribution in [0, 0.1) is 0 Å². The summed E-state index contributed by atoms with van der Waals surface area (Å²) in [5, 5.41) is 1.05. The van der Waals surface area contributed by atoms with Crippen molar-refractivity contribution in [3.8, 4) is 0 Å². The number of aromatic nitrogens is 1. The summed E-state index contributed by atoms with van der Waals surface area (Å²) in [5.74, 6) is -0.117. The monoisotopic (exact) mass is 429 g/mol. The van der Waals surface area contributed by atoms with E-state index in [1.807, 2.05) is 24.3 Å². The first-order chi connectivity index (χ1) is 14.0. The standard InChI is InChI=1S/C21H23N3O3S2/c25-20(13-22-29(26,27)15-16-7-2-1-3-8-16)24-12-6-9-17(14-24)21-23-18-10-4-5-11-19(18)28-21/h1-5,7-8,10-11,17,22H,6,9,12-15H2/t17-/m0/s1. The van der Waals surface area contributed by atoms with Crippen molar-refractivity contribution in [2.75, 3.05) is 19.6 Å². The van der Waals surface area contributed by atoms with E-state index in [1.54, 1.807) is 40.5 Å². The minimum absolute atomic E-state index is 0.130. The molecular formula is C21H23N3O3S2. The van der Waals surface area contributed by atoms with Crippen LogP contribution >= 0.6 is 11.3 Å². The number of likely N-dealkylation sites (tertiary alicyclic amines) is 1. The zero-order valence-corrected chi connectivity index (χ0v) is 17.6. The van der Waals surface area contributed by atoms with E-state index in [2.05, 4.69) is 10.8 Å². The highest BCUT2D eigenvalue weighted by molar-refractivity contribution is 7.88. The van der Waals surface area contributed by atoms with E-state index in [0.29, 0.717) is 18.7 Å². The smallest absolute Gasteiger partial charge is 0.237 e. The largest absolute Gasteiger partial charge is 0.341 e. The highest BCUT2D eigenvalue weighted by Gasteiger charge is 2.27. The Balaban J connectivity index is 1.36. The molecule has 1 amide bonds. The van der Waals surface area contributed by atoms with E-state index in [0.717, 1.165) is 28.1 Å². The molecule has 0 saturated carbocycles. The molecule has 1 fully saturated rings. The van der Waals surface area contributed by atoms with Crippen LogP contribution in [0.2, 0.25) is 0 Å². The molecule has 152 valence electrons. The van der Waals surface area contributed by atoms with E-state index in [4.69, 9.17) is 4.98 Å². The number of sulfonamides is 1. The molecule has 1 saturated heterocycles. The number of piperidine rings is 1. The first kappa shape index (κ1) is 20.0. The molecule has 0 spiro atoms. The van der Waals surface area contributed by atoms with Crippen LogP contribution in [0.3, 0.4) is 0 Å². The summed E-state index contributed by atoms with van der Waals surface area (Å²) in [5.41, 5.74) is 1.69. The van der Waals surface area contributed by atoms with Gasteiger partial charge >= 0.3 is 0 Å². The zero-order chi connectivity index (χ0) is 20.3. The van der Waals surface area contributed by atoms with Crippen molar-refractivity contribution < 1.29 is 13.2 Å². The number of fused-ring (bicyclic) bond motifs is 1. The van der Waals surface area contributed by atoms with Crippen LogP contribution in [-0.4, -0.2) is 43.8 Å². The van der Waals surface area contributed by atoms with Gasteiger partial charge in [-0.25, -0.2) is 18.1 Å². The van der Waals surface area contributed by atoms with Gasteiger partial charge in [-0.2, -0.15) is 0 Å². The lowest BCUT2D eigenvalue weighted by Gasteiger charge is -2.31. The fraction of sp³-hybridized carbons (Fsp3) is 0.333. The van der Waals surface area contributed by atoms with Crippen molar-refractivity contribution in [2.45, 2.75) is 24.5 Å². The molecule has 1 N–H and O–H groups in total. The Labute approximate surface area is 174 Å². The Morgan fingerprint density at radius 3 is 2.69 bits per heavy atom. The summed E-state index contributed by atoms with van der Waals surface area (Å²) >= 11 is 1.68. The Kier molecular flexibility index (Phi) is 5.94. The number of para-hydroxylation sites is 1. The molecule has 0 unspecified atom stereocenters. The van der Waals surface area contributed by atoms with Crippen LogP contribution in [0.15, 0.2) is 54.6 Å². The number of hydrogen-bond donors (Lipinski definition) is 1. The Hall–Kier alpha value is -2.29. The number of nitrogens with zero attached hydrogens (tertiary/aromatic N) is 2. The normalized spacial score (nSPS) is 17.5. The highest BCUT2D eigenvalue weighted by Crippen LogP contribution is 2.32. The lowest BCUT2D eigenvalue weighted by atomic mass is 9.98. The first-order valence-corrected chi connectivity index (χ1v) is 12.1. The van der Waals surface area contributed by atoms with Crippen LogP contribution in [-0.2, 0) is 20.6 Å². The van der Waals surface area contributed by atoms with Crippen molar-refractivity contribution in [1.82, 2.24) is 14.6 Å². The zero-order valence-electron chi connectivity index (χ0n) is 16.0. The van der Waals surface area contributed by atoms with Gasteiger partial charge in [0.2, 0.25) is 15.9 Å². The molecular weight excluding hydrogens is 406 g/mol. The van der Waals surface area contributed by atoms with E-state index >= 15 is 0 Å². The van der Waals surface area contributed by atoms with Crippen LogP contribution in [0.1, 0.15) is 29.3 Å². The average Bonchev–Trinajstić information content (AvgIpc) is 3.17. The van der Waals surface area contributed by atoms with Gasteiger partial charge in [0.15, 0.2) is 0 Å². The summed E-state index contributed by atoms with van der Waals surface area (Å²) < 4.78 is 28.2. The molecule has 1 aromatic heterocycles. The van der Waals surface area contributed by atoms with Gasteiger partial charge in [-0.1, -0.05) is 42.5 Å². The maximum Gasteiger partial charge on any atom is 0.237 e. The van der Waals surface area contributed by atoms with Crippen molar-refractivity contribution in [3.05, 3.63) is 65.2 Å². The molecule has 0 bridgehead atoms. The number of rotatable bonds is 6. The maximum atomic E-state index is 12.6. The summed E-state index contributed by atoms with van der Waals surface area (Å²) in [4.78, 5) is 19.1. The molecule has 3 aromatic rings. The number of carbonyl (C=O) groups excluding carboxylic acids is 1. The van der Waals surface area contributed by atoms with Gasteiger partial charge in [-0.3, -0.25) is 4.79 Å². The molecule has 2 heterocycles. The first-order valence-electron chi connectivity index (χ1n) is 9.65. The molecule has 2 aromatic carbocycles. The second-order valence-electron chi connectivity index (χ2n) is 7.26. The second kappa shape index (κ2) is 8.61. The lowest BCUT2D eigenvalue weighted by molar-refractivity contribution is -0.131. The highest BCUT2D eigenvalue weighted by atomic mass is 32.2. The van der Waals surface area contributed by atoms with Crippen molar-refractivity contribution >= 4 is 37.5 Å². The van der Waals surface area contributed by atoms with Crippen molar-refractivity contribution in [3.63, 3.8) is 0 Å². The van der Waals surface area contributed by atoms with Gasteiger partial charge < -0.3 is 4.90 Å². The third-order valence-electron chi connectivity index (χ3n) is 5.08. The Morgan fingerprint density at radius 1 is 1.14 bits per heavy atom. The molecule has 0 aliphatic carbocycles. The minimum Gasteiger partial charge on any atom is -0.341 e. The molecule has 1 atom stereocenters. The average molecular weight is 430 g/mol. The number of amides is 1. The number of hydrogen-bond acceptors (Lipinski definition) is 5. The number of benzene rings is 2. The van der Waals surface area contributed by atoms with Gasteiger partial charge in [0.25, 0.3) is 0 Å². The van der Waals surface area contributed by atoms with Crippen molar-refractivity contribution in [2.24, 2.45) is 0 Å². The Bertz CT molecular complexity index is 1060. The maximum absolute atomic E-state index is 12.6. The molecule has 0 radical (unpaired) electrons. The van der Waals surface area contributed by atoms with Crippen LogP contribution < -0.4 is 4.72 Å². The number of thiazole rings is 1. The SMILES string of the molecule is O=C(CNS(=O)(=O)Cc1ccccc1)N1CCC[C@H](c2nc3ccccc3s2)C1. The predicted molar refractivity (Wildman–Crippen MR) is 115 cm³/mol. The van der Waals surface area contributed by atoms with Crippen LogP contribution in [0.25, 0.3) is 10.2 Å². The third kappa shape index (κ3) is 5.01. The lowest BCUT2D eigenvalue weighted by Crippen LogP contribution is -2.44. The van der Waals surface area contributed by atoms with Gasteiger partial charge in [-0.05, 0) is 30.5 Å². The third-order valence-corrected chi connectivity index (χ3v) is 7.57. The minimum atomic E-state index is -3.56. The van der Waals surface area contributed by atoms with Crippen LogP contribution in [0.4, 0.5) is 0 Å². The fourth-order valence-electron chi connectivity index (χ4n) is 3.60. The second-order valence-corrected chi connectivity index (χ2v) is 10.1. The summed E-state index contributed by atoms with van der Waals surface area (Å²) in [6.07, 6.45) is 1.88. The van der Waals surface area contributed by atoms with E-state index in [9.17, 15) is 13.2 Å². The van der Waals surface area contributed by atoms with E-state index in [1.165, 1.54) is 0 Å². The van der Waals surface area contributed by atoms with Crippen LogP contribution in [0.5, 0.6) is 0 Å². The van der Waals surface area contributed by atoms with Gasteiger partial charge in [-0.15, -0.1) is 11.3 Å². The molecule has 1 aliphatic heterocycles. The van der Waals surface area contributed by atoms with E-state index < -0.39 is 10.0 Å². The molecule has 29 heavy (non-hydrogen) atoms. The summed E-state index contributed by atoms with van der Waals surface area (Å²) in [6, 6.07) is 17.0. The quantitative estimate of drug-likeness (QED) is 0.653. The molecule has 8 heteroatoms. The number of nitrogens with one attached hydrogen (secondary N) is 1. The van der Waals surface area contributed by atoms with Crippen molar-refractivity contribution in [1.29, 1.82) is 0 Å². The summed E-state index contributed by atoms with van der Waals surface area (Å²) in [7, 11) is -3.56. The summed E-state index contributed by atoms with van der Waals surface area (Å²) in [6.45, 7) is 1.03. The molecule has 4 rings (SSSR count). The van der Waals surface area contributed by atoms with Gasteiger partial charge in [0.1, 0.15) is 0 Å². The van der Waals surface area contributed by atoms with Gasteiger partial charge in [0.05, 0.1) is 27.5 Å². The fourth-order valence-corrected chi connectivity index (χ4v) is 5.77.